The van der Waals surface area contributed by atoms with Gasteiger partial charge in [0, 0.05) is 12.1 Å². The second-order valence-electron chi connectivity index (χ2n) is 6.70. The Kier molecular flexibility index (Phi) is 4.63. The van der Waals surface area contributed by atoms with Gasteiger partial charge in [0.15, 0.2) is 6.10 Å². The molecule has 3 N–H and O–H groups in total. The third-order valence-corrected chi connectivity index (χ3v) is 4.64. The van der Waals surface area contributed by atoms with E-state index in [1.165, 1.54) is 0 Å². The van der Waals surface area contributed by atoms with E-state index in [0.29, 0.717) is 27.9 Å². The van der Waals surface area contributed by atoms with Gasteiger partial charge in [-0.15, -0.1) is 0 Å². The summed E-state index contributed by atoms with van der Waals surface area (Å²) < 4.78 is 6.60. The highest BCUT2D eigenvalue weighted by Crippen LogP contribution is 2.32. The van der Waals surface area contributed by atoms with E-state index in [-0.39, 0.29) is 35.9 Å². The van der Waals surface area contributed by atoms with Gasteiger partial charge in [0.1, 0.15) is 5.75 Å². The molecule has 0 saturated heterocycles. The number of hydrogen-bond donors (Lipinski definition) is 3. The zero-order chi connectivity index (χ0) is 20.5. The Morgan fingerprint density at radius 3 is 2.69 bits per heavy atom. The van der Waals surface area contributed by atoms with Crippen molar-refractivity contribution < 1.29 is 14.3 Å². The maximum atomic E-state index is 12.5. The van der Waals surface area contributed by atoms with Gasteiger partial charge in [0.25, 0.3) is 17.0 Å². The van der Waals surface area contributed by atoms with E-state index in [2.05, 4.69) is 15.7 Å². The smallest absolute Gasteiger partial charge is 0.273 e. The molecule has 2 amide bonds. The molecule has 1 aromatic heterocycles. The molecule has 0 bridgehead atoms. The van der Waals surface area contributed by atoms with Gasteiger partial charge in [0.05, 0.1) is 23.0 Å². The van der Waals surface area contributed by atoms with Gasteiger partial charge in [-0.1, -0.05) is 12.1 Å². The third kappa shape index (κ3) is 3.62. The molecule has 3 aromatic rings. The summed E-state index contributed by atoms with van der Waals surface area (Å²) in [7, 11) is 0. The Bertz CT molecular complexity index is 1240. The second-order valence-corrected chi connectivity index (χ2v) is 6.70. The predicted molar refractivity (Wildman–Crippen MR) is 107 cm³/mol. The monoisotopic (exact) mass is 394 g/mol. The Morgan fingerprint density at radius 2 is 1.90 bits per heavy atom. The lowest BCUT2D eigenvalue weighted by atomic mass is 10.2. The van der Waals surface area contributed by atoms with Crippen molar-refractivity contribution >= 4 is 34.0 Å². The number of carbonyl (C=O) groups is 2. The second kappa shape index (κ2) is 7.27. The van der Waals surface area contributed by atoms with Crippen molar-refractivity contribution in [1.29, 1.82) is 0 Å². The number of rotatable bonds is 4. The molecule has 29 heavy (non-hydrogen) atoms. The molecule has 0 radical (unpaired) electrons. The number of aromatic nitrogens is 2. The number of fused-ring (bicyclic) bond motifs is 2. The van der Waals surface area contributed by atoms with E-state index >= 15 is 0 Å². The van der Waals surface area contributed by atoms with Crippen LogP contribution in [0, 0.1) is 0 Å². The van der Waals surface area contributed by atoms with Crippen LogP contribution in [0.1, 0.15) is 13.3 Å². The van der Waals surface area contributed by atoms with Crippen LogP contribution in [0.4, 0.5) is 11.4 Å². The van der Waals surface area contributed by atoms with Gasteiger partial charge < -0.3 is 15.4 Å². The van der Waals surface area contributed by atoms with Crippen molar-refractivity contribution in [1.82, 2.24) is 9.78 Å². The molecule has 0 aliphatic carbocycles. The summed E-state index contributed by atoms with van der Waals surface area (Å²) in [5.41, 5.74) is 0.198. The first-order valence-corrected chi connectivity index (χ1v) is 9.05. The van der Waals surface area contributed by atoms with Gasteiger partial charge in [-0.3, -0.25) is 24.3 Å². The Labute approximate surface area is 164 Å². The molecule has 9 nitrogen and oxygen atoms in total. The quantitative estimate of drug-likeness (QED) is 0.618. The van der Waals surface area contributed by atoms with E-state index in [1.54, 1.807) is 49.4 Å². The SMILES string of the molecule is C[C@@H]1Oc2ccc(NC(=O)CCn3[nH]c(=O)c4ccccc4c3=O)cc2NC1=O. The highest BCUT2D eigenvalue weighted by atomic mass is 16.5. The van der Waals surface area contributed by atoms with Crippen molar-refractivity contribution in [2.45, 2.75) is 26.0 Å². The van der Waals surface area contributed by atoms with Gasteiger partial charge in [-0.25, -0.2) is 4.68 Å². The first-order valence-electron chi connectivity index (χ1n) is 9.05. The molecule has 1 aliphatic heterocycles. The topological polar surface area (TPSA) is 122 Å². The maximum absolute atomic E-state index is 12.5. The summed E-state index contributed by atoms with van der Waals surface area (Å²) in [4.78, 5) is 48.6. The van der Waals surface area contributed by atoms with Crippen molar-refractivity contribution in [2.24, 2.45) is 0 Å². The summed E-state index contributed by atoms with van der Waals surface area (Å²) in [5.74, 6) is -0.0849. The van der Waals surface area contributed by atoms with E-state index < -0.39 is 6.10 Å². The molecule has 2 aromatic carbocycles. The molecule has 4 rings (SSSR count). The minimum absolute atomic E-state index is 0.0209. The number of ether oxygens (including phenoxy) is 1. The van der Waals surface area contributed by atoms with Crippen molar-refractivity contribution in [3.63, 3.8) is 0 Å². The van der Waals surface area contributed by atoms with Gasteiger partial charge in [-0.05, 0) is 37.3 Å². The molecular formula is C20H18N4O5. The summed E-state index contributed by atoms with van der Waals surface area (Å²) in [6.45, 7) is 1.67. The Hall–Kier alpha value is -3.88. The fraction of sp³-hybridized carbons (Fsp3) is 0.200. The molecule has 0 unspecified atom stereocenters. The number of anilines is 2. The number of benzene rings is 2. The average Bonchev–Trinajstić information content (AvgIpc) is 2.71. The van der Waals surface area contributed by atoms with Crippen LogP contribution in [0.5, 0.6) is 5.75 Å². The van der Waals surface area contributed by atoms with Crippen molar-refractivity contribution in [2.75, 3.05) is 10.6 Å². The Morgan fingerprint density at radius 1 is 1.14 bits per heavy atom. The maximum Gasteiger partial charge on any atom is 0.273 e. The average molecular weight is 394 g/mol. The summed E-state index contributed by atoms with van der Waals surface area (Å²) in [6, 6.07) is 11.4. The summed E-state index contributed by atoms with van der Waals surface area (Å²) in [6.07, 6.45) is -0.601. The lowest BCUT2D eigenvalue weighted by molar-refractivity contribution is -0.122. The van der Waals surface area contributed by atoms with Crippen LogP contribution in [0.15, 0.2) is 52.1 Å². The van der Waals surface area contributed by atoms with E-state index in [0.717, 1.165) is 4.68 Å². The summed E-state index contributed by atoms with van der Waals surface area (Å²) >= 11 is 0. The number of nitrogens with one attached hydrogen (secondary N) is 3. The molecule has 1 aliphatic rings. The van der Waals surface area contributed by atoms with E-state index in [1.807, 2.05) is 0 Å². The first-order chi connectivity index (χ1) is 13.9. The number of aromatic amines is 1. The predicted octanol–water partition coefficient (Wildman–Crippen LogP) is 1.44. The zero-order valence-corrected chi connectivity index (χ0v) is 15.5. The lowest BCUT2D eigenvalue weighted by Gasteiger charge is -2.23. The molecule has 0 fully saturated rings. The van der Waals surface area contributed by atoms with Gasteiger partial charge in [-0.2, -0.15) is 0 Å². The van der Waals surface area contributed by atoms with Crippen LogP contribution in [0.25, 0.3) is 10.8 Å². The fourth-order valence-electron chi connectivity index (χ4n) is 3.13. The van der Waals surface area contributed by atoms with E-state index in [9.17, 15) is 19.2 Å². The highest BCUT2D eigenvalue weighted by molar-refractivity contribution is 5.99. The van der Waals surface area contributed by atoms with Crippen LogP contribution in [0.2, 0.25) is 0 Å². The van der Waals surface area contributed by atoms with Crippen LogP contribution >= 0.6 is 0 Å². The van der Waals surface area contributed by atoms with Crippen LogP contribution in [-0.4, -0.2) is 27.7 Å². The Balaban J connectivity index is 1.46. The largest absolute Gasteiger partial charge is 0.479 e. The molecule has 0 saturated carbocycles. The van der Waals surface area contributed by atoms with Crippen LogP contribution in [0.3, 0.4) is 0 Å². The molecule has 9 heteroatoms. The minimum Gasteiger partial charge on any atom is -0.479 e. The molecular weight excluding hydrogens is 376 g/mol. The van der Waals surface area contributed by atoms with Crippen molar-refractivity contribution in [3.05, 3.63) is 63.2 Å². The number of hydrogen-bond acceptors (Lipinski definition) is 5. The van der Waals surface area contributed by atoms with Crippen LogP contribution < -0.4 is 26.5 Å². The third-order valence-electron chi connectivity index (χ3n) is 4.64. The number of aryl methyl sites for hydroxylation is 1. The molecule has 148 valence electrons. The number of nitrogens with zero attached hydrogens (tertiary/aromatic N) is 1. The van der Waals surface area contributed by atoms with Gasteiger partial charge in [0.2, 0.25) is 5.91 Å². The number of carbonyl (C=O) groups excluding carboxylic acids is 2. The minimum atomic E-state index is -0.578. The van der Waals surface area contributed by atoms with Crippen LogP contribution in [-0.2, 0) is 16.1 Å². The molecule has 2 heterocycles. The normalized spacial score (nSPS) is 15.3. The molecule has 1 atom stereocenters. The highest BCUT2D eigenvalue weighted by Gasteiger charge is 2.23. The lowest BCUT2D eigenvalue weighted by Crippen LogP contribution is -2.34. The first kappa shape index (κ1) is 18.5. The summed E-state index contributed by atoms with van der Waals surface area (Å²) in [5, 5.41) is 8.52. The number of H-pyrrole nitrogens is 1. The van der Waals surface area contributed by atoms with E-state index in [4.69, 9.17) is 4.74 Å². The number of amides is 2. The fourth-order valence-corrected chi connectivity index (χ4v) is 3.13. The zero-order valence-electron chi connectivity index (χ0n) is 15.5. The van der Waals surface area contributed by atoms with Gasteiger partial charge >= 0.3 is 0 Å². The standard InChI is InChI=1S/C20H18N4O5/c1-11-18(26)22-15-10-12(6-7-16(15)29-11)21-17(25)8-9-24-20(28)14-5-3-2-4-13(14)19(27)23-24/h2-7,10-11H,8-9H2,1H3,(H,21,25)(H,22,26)(H,23,27)/t11-/m0/s1. The van der Waals surface area contributed by atoms with Crippen molar-refractivity contribution in [3.8, 4) is 5.75 Å². The molecule has 0 spiro atoms.